The molecular weight excluding hydrogens is 273 g/mol. The molecule has 2 rings (SSSR count). The van der Waals surface area contributed by atoms with Crippen LogP contribution in [0.1, 0.15) is 43.6 Å². The van der Waals surface area contributed by atoms with Crippen molar-refractivity contribution in [3.05, 3.63) is 35.1 Å². The van der Waals surface area contributed by atoms with E-state index in [2.05, 4.69) is 4.90 Å². The summed E-state index contributed by atoms with van der Waals surface area (Å²) in [4.78, 5) is 13.0. The number of halogens is 1. The number of carboxylic acid groups (broad SMARTS) is 1. The Morgan fingerprint density at radius 1 is 1.29 bits per heavy atom. The standard InChI is InChI=1S/C16H22FNO3/c1-15(2)9-18(10-16(3,4)21-15)8-12-6-5-11(14(19)20)7-13(12)17/h5-7H,8-10H2,1-4H3,(H,19,20). The molecule has 0 aromatic heterocycles. The fraction of sp³-hybridized carbons (Fsp3) is 0.562. The van der Waals surface area contributed by atoms with Crippen LogP contribution < -0.4 is 0 Å². The average Bonchev–Trinajstić information content (AvgIpc) is 2.27. The van der Waals surface area contributed by atoms with Crippen LogP contribution in [0.15, 0.2) is 18.2 Å². The van der Waals surface area contributed by atoms with Gasteiger partial charge in [0.2, 0.25) is 0 Å². The highest BCUT2D eigenvalue weighted by atomic mass is 19.1. The van der Waals surface area contributed by atoms with Crippen molar-refractivity contribution in [1.82, 2.24) is 4.90 Å². The molecule has 0 saturated carbocycles. The average molecular weight is 295 g/mol. The molecule has 5 heteroatoms. The normalized spacial score (nSPS) is 21.2. The van der Waals surface area contributed by atoms with E-state index in [0.717, 1.165) is 6.07 Å². The number of hydrogen-bond acceptors (Lipinski definition) is 3. The van der Waals surface area contributed by atoms with Crippen molar-refractivity contribution < 1.29 is 19.0 Å². The number of rotatable bonds is 3. The van der Waals surface area contributed by atoms with Gasteiger partial charge in [0, 0.05) is 25.2 Å². The van der Waals surface area contributed by atoms with Crippen molar-refractivity contribution in [1.29, 1.82) is 0 Å². The minimum atomic E-state index is -1.12. The molecule has 1 fully saturated rings. The Morgan fingerprint density at radius 3 is 2.33 bits per heavy atom. The first kappa shape index (κ1) is 15.9. The fourth-order valence-electron chi connectivity index (χ4n) is 3.11. The van der Waals surface area contributed by atoms with Crippen LogP contribution in [-0.2, 0) is 11.3 Å². The lowest BCUT2D eigenvalue weighted by Crippen LogP contribution is -2.56. The smallest absolute Gasteiger partial charge is 0.335 e. The number of benzene rings is 1. The highest BCUT2D eigenvalue weighted by molar-refractivity contribution is 5.87. The van der Waals surface area contributed by atoms with Crippen LogP contribution in [0.2, 0.25) is 0 Å². The third-order valence-corrected chi connectivity index (χ3v) is 3.46. The van der Waals surface area contributed by atoms with Crippen LogP contribution in [0.25, 0.3) is 0 Å². The molecule has 1 aliphatic rings. The lowest BCUT2D eigenvalue weighted by molar-refractivity contribution is -0.182. The van der Waals surface area contributed by atoms with Gasteiger partial charge in [-0.15, -0.1) is 0 Å². The van der Waals surface area contributed by atoms with Gasteiger partial charge in [0.1, 0.15) is 5.82 Å². The highest BCUT2D eigenvalue weighted by Gasteiger charge is 2.38. The Morgan fingerprint density at radius 2 is 1.86 bits per heavy atom. The van der Waals surface area contributed by atoms with Crippen LogP contribution in [0.4, 0.5) is 4.39 Å². The van der Waals surface area contributed by atoms with Crippen molar-refractivity contribution in [2.24, 2.45) is 0 Å². The predicted octanol–water partition coefficient (Wildman–Crippen LogP) is 2.91. The van der Waals surface area contributed by atoms with E-state index in [0.29, 0.717) is 25.2 Å². The van der Waals surface area contributed by atoms with E-state index in [9.17, 15) is 9.18 Å². The van der Waals surface area contributed by atoms with Gasteiger partial charge in [0.15, 0.2) is 0 Å². The van der Waals surface area contributed by atoms with Crippen LogP contribution in [0.3, 0.4) is 0 Å². The zero-order valence-corrected chi connectivity index (χ0v) is 12.9. The van der Waals surface area contributed by atoms with E-state index < -0.39 is 11.8 Å². The van der Waals surface area contributed by atoms with Gasteiger partial charge >= 0.3 is 5.97 Å². The summed E-state index contributed by atoms with van der Waals surface area (Å²) in [7, 11) is 0. The number of hydrogen-bond donors (Lipinski definition) is 1. The molecule has 0 amide bonds. The molecule has 1 aliphatic heterocycles. The minimum absolute atomic E-state index is 0.0288. The predicted molar refractivity (Wildman–Crippen MR) is 77.9 cm³/mol. The number of aromatic carboxylic acids is 1. The van der Waals surface area contributed by atoms with E-state index in [1.54, 1.807) is 6.07 Å². The molecule has 0 aliphatic carbocycles. The summed E-state index contributed by atoms with van der Waals surface area (Å²) < 4.78 is 20.0. The third-order valence-electron chi connectivity index (χ3n) is 3.46. The first-order valence-electron chi connectivity index (χ1n) is 7.02. The van der Waals surface area contributed by atoms with Crippen LogP contribution >= 0.6 is 0 Å². The van der Waals surface area contributed by atoms with Crippen molar-refractivity contribution in [3.63, 3.8) is 0 Å². The van der Waals surface area contributed by atoms with Gasteiger partial charge in [-0.05, 0) is 39.8 Å². The van der Waals surface area contributed by atoms with E-state index in [1.165, 1.54) is 6.07 Å². The third kappa shape index (κ3) is 4.02. The molecule has 1 N–H and O–H groups in total. The number of morpholine rings is 1. The molecule has 1 aromatic rings. The molecule has 1 saturated heterocycles. The molecule has 1 heterocycles. The lowest BCUT2D eigenvalue weighted by Gasteiger charge is -2.47. The zero-order chi connectivity index (χ0) is 15.8. The fourth-order valence-corrected chi connectivity index (χ4v) is 3.11. The maximum absolute atomic E-state index is 14.0. The molecule has 21 heavy (non-hydrogen) atoms. The maximum Gasteiger partial charge on any atom is 0.335 e. The molecule has 4 nitrogen and oxygen atoms in total. The second-order valence-corrected chi connectivity index (χ2v) is 6.88. The summed E-state index contributed by atoms with van der Waals surface area (Å²) in [6.07, 6.45) is 0. The van der Waals surface area contributed by atoms with Gasteiger partial charge in [0.05, 0.1) is 16.8 Å². The molecule has 0 bridgehead atoms. The zero-order valence-electron chi connectivity index (χ0n) is 12.9. The lowest BCUT2D eigenvalue weighted by atomic mass is 9.98. The van der Waals surface area contributed by atoms with Gasteiger partial charge in [-0.25, -0.2) is 9.18 Å². The molecule has 0 atom stereocenters. The summed E-state index contributed by atoms with van der Waals surface area (Å²) in [5, 5.41) is 8.87. The number of carbonyl (C=O) groups is 1. The molecule has 1 aromatic carbocycles. The first-order chi connectivity index (χ1) is 9.58. The second kappa shape index (κ2) is 5.39. The van der Waals surface area contributed by atoms with Crippen LogP contribution in [0.5, 0.6) is 0 Å². The van der Waals surface area contributed by atoms with Gasteiger partial charge in [-0.2, -0.15) is 0 Å². The maximum atomic E-state index is 14.0. The SMILES string of the molecule is CC1(C)CN(Cc2ccc(C(=O)O)cc2F)CC(C)(C)O1. The van der Waals surface area contributed by atoms with E-state index >= 15 is 0 Å². The second-order valence-electron chi connectivity index (χ2n) is 6.88. The number of ether oxygens (including phenoxy) is 1. The van der Waals surface area contributed by atoms with Crippen LogP contribution in [-0.4, -0.2) is 40.3 Å². The van der Waals surface area contributed by atoms with E-state index in [-0.39, 0.29) is 16.8 Å². The Bertz CT molecular complexity index is 538. The largest absolute Gasteiger partial charge is 0.478 e. The van der Waals surface area contributed by atoms with Crippen molar-refractivity contribution in [2.75, 3.05) is 13.1 Å². The van der Waals surface area contributed by atoms with Gasteiger partial charge in [-0.1, -0.05) is 6.07 Å². The topological polar surface area (TPSA) is 49.8 Å². The van der Waals surface area contributed by atoms with Gasteiger partial charge < -0.3 is 9.84 Å². The summed E-state index contributed by atoms with van der Waals surface area (Å²) >= 11 is 0. The Balaban J connectivity index is 2.16. The molecule has 0 unspecified atom stereocenters. The summed E-state index contributed by atoms with van der Waals surface area (Å²) in [5.74, 6) is -1.59. The minimum Gasteiger partial charge on any atom is -0.478 e. The van der Waals surface area contributed by atoms with Crippen molar-refractivity contribution >= 4 is 5.97 Å². The number of nitrogens with zero attached hydrogens (tertiary/aromatic N) is 1. The summed E-state index contributed by atoms with van der Waals surface area (Å²) in [6, 6.07) is 4.07. The van der Waals surface area contributed by atoms with Gasteiger partial charge in [-0.3, -0.25) is 4.90 Å². The Hall–Kier alpha value is -1.46. The Labute approximate surface area is 124 Å². The molecule has 116 valence electrons. The highest BCUT2D eigenvalue weighted by Crippen LogP contribution is 2.29. The van der Waals surface area contributed by atoms with Crippen molar-refractivity contribution in [2.45, 2.75) is 45.4 Å². The number of carboxylic acids is 1. The van der Waals surface area contributed by atoms with E-state index in [1.807, 2.05) is 27.7 Å². The quantitative estimate of drug-likeness (QED) is 0.931. The summed E-state index contributed by atoms with van der Waals surface area (Å²) in [6.45, 7) is 9.93. The summed E-state index contributed by atoms with van der Waals surface area (Å²) in [5.41, 5.74) is -0.106. The first-order valence-corrected chi connectivity index (χ1v) is 7.02. The molecule has 0 radical (unpaired) electrons. The Kier molecular flexibility index (Phi) is 4.08. The van der Waals surface area contributed by atoms with E-state index in [4.69, 9.17) is 9.84 Å². The molecule has 0 spiro atoms. The molecular formula is C16H22FNO3. The van der Waals surface area contributed by atoms with Crippen molar-refractivity contribution in [3.8, 4) is 0 Å². The monoisotopic (exact) mass is 295 g/mol. The van der Waals surface area contributed by atoms with Crippen LogP contribution in [0, 0.1) is 5.82 Å². The van der Waals surface area contributed by atoms with Gasteiger partial charge in [0.25, 0.3) is 0 Å².